The molecule has 0 unspecified atom stereocenters. The molecule has 2 aliphatic heterocycles. The Labute approximate surface area is 340 Å². The van der Waals surface area contributed by atoms with E-state index in [0.717, 1.165) is 100 Å². The summed E-state index contributed by atoms with van der Waals surface area (Å²) in [5.74, 6) is 6.88. The molecule has 0 atom stereocenters. The third-order valence-electron chi connectivity index (χ3n) is 9.62. The quantitative estimate of drug-likeness (QED) is 0.137. The van der Waals surface area contributed by atoms with Gasteiger partial charge in [0.1, 0.15) is 0 Å². The highest BCUT2D eigenvalue weighted by Gasteiger charge is 2.26. The number of fused-ring (bicyclic) bond motifs is 8. The second kappa shape index (κ2) is 14.8. The van der Waals surface area contributed by atoms with E-state index in [4.69, 9.17) is 9.97 Å². The van der Waals surface area contributed by atoms with Crippen molar-refractivity contribution in [3.8, 4) is 64.2 Å². The molecule has 2 aliphatic rings. The second-order valence-electron chi connectivity index (χ2n) is 12.7. The summed E-state index contributed by atoms with van der Waals surface area (Å²) >= 11 is 4.23. The summed E-state index contributed by atoms with van der Waals surface area (Å²) in [5, 5.41) is 0. The molecule has 0 saturated carbocycles. The molecule has 254 valence electrons. The van der Waals surface area contributed by atoms with E-state index in [9.17, 15) is 0 Å². The molecule has 0 radical (unpaired) electrons. The summed E-state index contributed by atoms with van der Waals surface area (Å²) < 4.78 is 6.33. The van der Waals surface area contributed by atoms with Crippen LogP contribution in [0.2, 0.25) is 0 Å². The van der Waals surface area contributed by atoms with Gasteiger partial charge in [0.2, 0.25) is 0 Å². The zero-order chi connectivity index (χ0) is 36.4. The van der Waals surface area contributed by atoms with Crippen molar-refractivity contribution in [1.29, 1.82) is 0 Å². The third-order valence-corrected chi connectivity index (χ3v) is 10.2. The van der Waals surface area contributed by atoms with Crippen molar-refractivity contribution in [2.45, 2.75) is 0 Å². The standard InChI is InChI=1S/C48H28I2N4/c49-29-27-35-36(28-30-50)48-46(34-19-11-4-12-20-34)42-26-24-40(53-42)44(32-15-7-2-8-16-32)38-22-21-37(51-38)43(31-13-5-1-6-14-31)39-23-25-41(52-39)45(47(35)54-48)33-17-9-3-10-18-33/h1-26,52-53H. The van der Waals surface area contributed by atoms with Crippen LogP contribution in [0.5, 0.6) is 0 Å². The van der Waals surface area contributed by atoms with Crippen molar-refractivity contribution >= 4 is 90.5 Å². The fraction of sp³-hybridized carbons (Fsp3) is 0. The number of nitrogens with one attached hydrogen (secondary N) is 2. The highest BCUT2D eigenvalue weighted by molar-refractivity contribution is 14.1. The Kier molecular flexibility index (Phi) is 9.30. The van der Waals surface area contributed by atoms with Crippen molar-refractivity contribution < 1.29 is 0 Å². The van der Waals surface area contributed by atoms with Gasteiger partial charge in [0.05, 0.1) is 33.9 Å². The van der Waals surface area contributed by atoms with Crippen molar-refractivity contribution in [2.75, 3.05) is 0 Å². The Morgan fingerprint density at radius 2 is 0.685 bits per heavy atom. The monoisotopic (exact) mass is 914 g/mol. The largest absolute Gasteiger partial charge is 0.354 e. The van der Waals surface area contributed by atoms with Crippen molar-refractivity contribution in [3.63, 3.8) is 0 Å². The lowest BCUT2D eigenvalue weighted by Gasteiger charge is -2.07. The molecule has 0 fully saturated rings. The number of hydrogen-bond donors (Lipinski definition) is 2. The molecular weight excluding hydrogens is 886 g/mol. The average Bonchev–Trinajstić information content (AvgIpc) is 4.05. The Hall–Kier alpha value is -5.94. The van der Waals surface area contributed by atoms with E-state index in [0.29, 0.717) is 0 Å². The fourth-order valence-electron chi connectivity index (χ4n) is 7.32. The van der Waals surface area contributed by atoms with Crippen LogP contribution in [0.4, 0.5) is 0 Å². The molecule has 9 rings (SSSR count). The van der Waals surface area contributed by atoms with Gasteiger partial charge in [-0.05, 0) is 66.5 Å². The van der Waals surface area contributed by atoms with Crippen LogP contribution in [0.3, 0.4) is 0 Å². The van der Waals surface area contributed by atoms with Gasteiger partial charge in [-0.3, -0.25) is 0 Å². The third kappa shape index (κ3) is 6.18. The van der Waals surface area contributed by atoms with Gasteiger partial charge in [0, 0.05) is 89.5 Å². The summed E-state index contributed by atoms with van der Waals surface area (Å²) in [6.07, 6.45) is 4.25. The minimum Gasteiger partial charge on any atom is -0.354 e. The number of allylic oxidation sites excluding steroid dienone is 2. The number of aromatic amines is 2. The molecule has 4 aromatic carbocycles. The molecular formula is C48H28I2N4. The molecule has 8 bridgehead atoms. The first-order valence-electron chi connectivity index (χ1n) is 17.4. The molecule has 0 saturated heterocycles. The summed E-state index contributed by atoms with van der Waals surface area (Å²) in [7, 11) is 0. The maximum Gasteiger partial charge on any atom is 0.0907 e. The van der Waals surface area contributed by atoms with E-state index in [1.54, 1.807) is 0 Å². The maximum absolute atomic E-state index is 5.57. The average molecular weight is 915 g/mol. The van der Waals surface area contributed by atoms with Gasteiger partial charge in [0.15, 0.2) is 0 Å². The SMILES string of the molecule is IC#CC1=C(C#CI)c2nc1c(-c1ccccc1)c1ccc([nH]1)c(-c1ccccc1)c1nc(c(-c3ccccc3)c3ccc([nH]3)c2-c2ccccc2)C=C1. The number of halogens is 2. The number of aromatic nitrogens is 4. The first-order chi connectivity index (χ1) is 26.7. The smallest absolute Gasteiger partial charge is 0.0907 e. The van der Waals surface area contributed by atoms with Crippen LogP contribution in [0.25, 0.3) is 89.9 Å². The molecule has 54 heavy (non-hydrogen) atoms. The topological polar surface area (TPSA) is 57.4 Å². The number of hydrogen-bond acceptors (Lipinski definition) is 2. The zero-order valence-corrected chi connectivity index (χ0v) is 33.0. The van der Waals surface area contributed by atoms with Crippen LogP contribution in [-0.2, 0) is 0 Å². The molecule has 7 aromatic rings. The Morgan fingerprint density at radius 1 is 0.370 bits per heavy atom. The molecule has 6 heteroatoms. The number of H-pyrrole nitrogens is 2. The van der Waals surface area contributed by atoms with Crippen LogP contribution in [0, 0.1) is 19.7 Å². The van der Waals surface area contributed by atoms with E-state index in [1.165, 1.54) is 0 Å². The number of rotatable bonds is 4. The molecule has 3 aromatic heterocycles. The van der Waals surface area contributed by atoms with Crippen molar-refractivity contribution in [3.05, 3.63) is 168 Å². The fourth-order valence-corrected chi connectivity index (χ4v) is 7.86. The number of nitrogens with zero attached hydrogens (tertiary/aromatic N) is 2. The van der Waals surface area contributed by atoms with Gasteiger partial charge in [-0.2, -0.15) is 0 Å². The molecule has 5 heterocycles. The first kappa shape index (κ1) is 33.9. The van der Waals surface area contributed by atoms with Crippen LogP contribution in [0.15, 0.2) is 146 Å². The predicted octanol–water partition coefficient (Wildman–Crippen LogP) is 12.9. The maximum atomic E-state index is 5.57. The van der Waals surface area contributed by atoms with Gasteiger partial charge in [-0.25, -0.2) is 9.97 Å². The molecule has 0 amide bonds. The minimum atomic E-state index is 0.766. The van der Waals surface area contributed by atoms with E-state index >= 15 is 0 Å². The van der Waals surface area contributed by atoms with Crippen LogP contribution in [0.1, 0.15) is 22.8 Å². The second-order valence-corrected chi connectivity index (χ2v) is 13.8. The van der Waals surface area contributed by atoms with Gasteiger partial charge in [-0.1, -0.05) is 133 Å². The van der Waals surface area contributed by atoms with E-state index in [1.807, 2.05) is 24.3 Å². The summed E-state index contributed by atoms with van der Waals surface area (Å²) in [6, 6.07) is 50.3. The summed E-state index contributed by atoms with van der Waals surface area (Å²) in [5.41, 5.74) is 16.6. The van der Waals surface area contributed by atoms with E-state index in [-0.39, 0.29) is 0 Å². The Morgan fingerprint density at radius 3 is 1.02 bits per heavy atom. The number of benzene rings is 4. The Balaban J connectivity index is 1.56. The van der Waals surface area contributed by atoms with Gasteiger partial charge >= 0.3 is 0 Å². The predicted molar refractivity (Wildman–Crippen MR) is 242 cm³/mol. The molecule has 4 nitrogen and oxygen atoms in total. The van der Waals surface area contributed by atoms with Crippen molar-refractivity contribution in [2.24, 2.45) is 0 Å². The lowest BCUT2D eigenvalue weighted by atomic mass is 9.96. The van der Waals surface area contributed by atoms with Gasteiger partial charge in [-0.15, -0.1) is 0 Å². The molecule has 0 spiro atoms. The molecule has 0 aliphatic carbocycles. The first-order valence-corrected chi connectivity index (χ1v) is 19.6. The highest BCUT2D eigenvalue weighted by atomic mass is 127. The lowest BCUT2D eigenvalue weighted by molar-refractivity contribution is 1.30. The van der Waals surface area contributed by atoms with Crippen LogP contribution >= 0.6 is 45.2 Å². The summed E-state index contributed by atoms with van der Waals surface area (Å²) in [6.45, 7) is 0. The van der Waals surface area contributed by atoms with E-state index < -0.39 is 0 Å². The zero-order valence-electron chi connectivity index (χ0n) is 28.7. The van der Waals surface area contributed by atoms with Gasteiger partial charge in [0.25, 0.3) is 0 Å². The van der Waals surface area contributed by atoms with Crippen LogP contribution in [-0.4, -0.2) is 19.9 Å². The van der Waals surface area contributed by atoms with E-state index in [2.05, 4.69) is 208 Å². The normalized spacial score (nSPS) is 11.8. The summed E-state index contributed by atoms with van der Waals surface area (Å²) in [4.78, 5) is 18.6. The van der Waals surface area contributed by atoms with Crippen molar-refractivity contribution in [1.82, 2.24) is 19.9 Å². The lowest BCUT2D eigenvalue weighted by Crippen LogP contribution is -1.90. The minimum absolute atomic E-state index is 0.766. The highest BCUT2D eigenvalue weighted by Crippen LogP contribution is 2.43. The van der Waals surface area contributed by atoms with Crippen LogP contribution < -0.4 is 0 Å². The van der Waals surface area contributed by atoms with Gasteiger partial charge < -0.3 is 9.97 Å². The molecule has 2 N–H and O–H groups in total. The Bertz CT molecular complexity index is 2740.